The number of ether oxygens (including phenoxy) is 4. The molecule has 0 aliphatic carbocycles. The van der Waals surface area contributed by atoms with Crippen molar-refractivity contribution in [3.63, 3.8) is 0 Å². The summed E-state index contributed by atoms with van der Waals surface area (Å²) in [6.07, 6.45) is 0.774. The summed E-state index contributed by atoms with van der Waals surface area (Å²) in [6.45, 7) is 0.824. The Hall–Kier alpha value is -4.10. The van der Waals surface area contributed by atoms with Gasteiger partial charge < -0.3 is 18.9 Å². The minimum atomic E-state index is -0.557. The van der Waals surface area contributed by atoms with Gasteiger partial charge in [-0.1, -0.05) is 54.6 Å². The number of para-hydroxylation sites is 1. The lowest BCUT2D eigenvalue weighted by atomic mass is 10.2. The quantitative estimate of drug-likeness (QED) is 0.118. The number of halogens is 1. The van der Waals surface area contributed by atoms with Crippen molar-refractivity contribution >= 4 is 27.9 Å². The summed E-state index contributed by atoms with van der Waals surface area (Å²) in [5.74, 6) is 0.478. The van der Waals surface area contributed by atoms with Crippen LogP contribution in [0.25, 0.3) is 0 Å². The highest BCUT2D eigenvalue weighted by Crippen LogP contribution is 2.27. The lowest BCUT2D eigenvalue weighted by molar-refractivity contribution is 0.0449. The molecule has 7 heteroatoms. The van der Waals surface area contributed by atoms with Gasteiger partial charge in [-0.25, -0.2) is 9.59 Å². The van der Waals surface area contributed by atoms with Crippen molar-refractivity contribution in [2.75, 3.05) is 19.8 Å². The van der Waals surface area contributed by atoms with Crippen molar-refractivity contribution < 1.29 is 28.5 Å². The third-order valence-corrected chi connectivity index (χ3v) is 5.89. The molecule has 6 nitrogen and oxygen atoms in total. The standard InChI is InChI=1S/C30H25BrO6/c31-27-21-24(14-15-28(27)35-17-16-22-8-3-1-4-9-22)30(33)37-26-13-7-10-23(20-26)29(32)36-19-18-34-25-11-5-2-6-12-25/h1-15,20-21H,16-19H2. The van der Waals surface area contributed by atoms with Gasteiger partial charge >= 0.3 is 11.9 Å². The zero-order valence-electron chi connectivity index (χ0n) is 20.0. The molecule has 0 saturated heterocycles. The molecule has 0 atom stereocenters. The molecule has 37 heavy (non-hydrogen) atoms. The Bertz CT molecular complexity index is 1320. The third-order valence-electron chi connectivity index (χ3n) is 5.27. The Labute approximate surface area is 223 Å². The minimum absolute atomic E-state index is 0.0888. The van der Waals surface area contributed by atoms with E-state index in [1.807, 2.05) is 60.7 Å². The van der Waals surface area contributed by atoms with Crippen LogP contribution in [-0.2, 0) is 11.2 Å². The van der Waals surface area contributed by atoms with Gasteiger partial charge in [0.15, 0.2) is 0 Å². The smallest absolute Gasteiger partial charge is 0.343 e. The Balaban J connectivity index is 1.27. The van der Waals surface area contributed by atoms with Gasteiger partial charge in [0.05, 0.1) is 22.2 Å². The number of esters is 2. The maximum absolute atomic E-state index is 12.7. The monoisotopic (exact) mass is 560 g/mol. The molecule has 0 aromatic heterocycles. The van der Waals surface area contributed by atoms with Crippen molar-refractivity contribution in [2.45, 2.75) is 6.42 Å². The van der Waals surface area contributed by atoms with Crippen LogP contribution in [0, 0.1) is 0 Å². The summed E-state index contributed by atoms with van der Waals surface area (Å²) in [7, 11) is 0. The first-order valence-electron chi connectivity index (χ1n) is 11.7. The van der Waals surface area contributed by atoms with Crippen LogP contribution in [0.2, 0.25) is 0 Å². The Kier molecular flexibility index (Phi) is 9.32. The first kappa shape index (κ1) is 26.0. The predicted molar refractivity (Wildman–Crippen MR) is 143 cm³/mol. The fourth-order valence-electron chi connectivity index (χ4n) is 3.41. The number of carbonyl (C=O) groups excluding carboxylic acids is 2. The predicted octanol–water partition coefficient (Wildman–Crippen LogP) is 6.53. The van der Waals surface area contributed by atoms with E-state index >= 15 is 0 Å². The zero-order chi connectivity index (χ0) is 25.9. The van der Waals surface area contributed by atoms with Crippen LogP contribution < -0.4 is 14.2 Å². The molecule has 0 amide bonds. The van der Waals surface area contributed by atoms with Gasteiger partial charge in [-0.2, -0.15) is 0 Å². The first-order chi connectivity index (χ1) is 18.1. The third kappa shape index (κ3) is 7.95. The highest BCUT2D eigenvalue weighted by Gasteiger charge is 2.14. The summed E-state index contributed by atoms with van der Waals surface area (Å²) in [6, 6.07) is 30.6. The topological polar surface area (TPSA) is 71.1 Å². The average Bonchev–Trinajstić information content (AvgIpc) is 2.93. The molecule has 0 bridgehead atoms. The van der Waals surface area contributed by atoms with Crippen LogP contribution in [0.4, 0.5) is 0 Å². The lowest BCUT2D eigenvalue weighted by Gasteiger charge is -2.11. The van der Waals surface area contributed by atoms with Crippen LogP contribution in [-0.4, -0.2) is 31.8 Å². The zero-order valence-corrected chi connectivity index (χ0v) is 21.6. The summed E-state index contributed by atoms with van der Waals surface area (Å²) >= 11 is 3.46. The van der Waals surface area contributed by atoms with E-state index in [0.717, 1.165) is 6.42 Å². The maximum Gasteiger partial charge on any atom is 0.343 e. The molecule has 0 saturated carbocycles. The fourth-order valence-corrected chi connectivity index (χ4v) is 3.91. The van der Waals surface area contributed by atoms with E-state index in [4.69, 9.17) is 18.9 Å². The maximum atomic E-state index is 12.7. The van der Waals surface area contributed by atoms with E-state index < -0.39 is 11.9 Å². The molecule has 0 spiro atoms. The molecule has 188 valence electrons. The van der Waals surface area contributed by atoms with Gasteiger partial charge in [-0.05, 0) is 70.0 Å². The molecule has 0 N–H and O–H groups in total. The molecule has 0 unspecified atom stereocenters. The normalized spacial score (nSPS) is 10.4. The summed E-state index contributed by atoms with van der Waals surface area (Å²) in [5, 5.41) is 0. The molecule has 0 aliphatic heterocycles. The van der Waals surface area contributed by atoms with Crippen LogP contribution in [0.1, 0.15) is 26.3 Å². The Morgan fingerprint density at radius 3 is 2.08 bits per heavy atom. The molecular weight excluding hydrogens is 536 g/mol. The van der Waals surface area contributed by atoms with Gasteiger partial charge in [-0.15, -0.1) is 0 Å². The largest absolute Gasteiger partial charge is 0.492 e. The SMILES string of the molecule is O=C(OCCOc1ccccc1)c1cccc(OC(=O)c2ccc(OCCc3ccccc3)c(Br)c2)c1. The second kappa shape index (κ2) is 13.3. The molecule has 4 aromatic carbocycles. The van der Waals surface area contributed by atoms with Crippen molar-refractivity contribution in [1.29, 1.82) is 0 Å². The molecule has 4 rings (SSSR count). The second-order valence-corrected chi connectivity index (χ2v) is 8.80. The molecule has 0 fully saturated rings. The van der Waals surface area contributed by atoms with Crippen molar-refractivity contribution in [3.8, 4) is 17.2 Å². The van der Waals surface area contributed by atoms with Crippen LogP contribution >= 0.6 is 15.9 Å². The van der Waals surface area contributed by atoms with Gasteiger partial charge in [0.1, 0.15) is 30.5 Å². The lowest BCUT2D eigenvalue weighted by Crippen LogP contribution is -2.13. The van der Waals surface area contributed by atoms with Gasteiger partial charge in [0.25, 0.3) is 0 Å². The molecule has 0 heterocycles. The molecule has 0 aliphatic rings. The van der Waals surface area contributed by atoms with E-state index in [9.17, 15) is 9.59 Å². The van der Waals surface area contributed by atoms with E-state index in [2.05, 4.69) is 15.9 Å². The van der Waals surface area contributed by atoms with Gasteiger partial charge in [0.2, 0.25) is 0 Å². The summed E-state index contributed by atoms with van der Waals surface area (Å²) < 4.78 is 22.7. The molecular formula is C30H25BrO6. The number of rotatable bonds is 11. The number of hydrogen-bond donors (Lipinski definition) is 0. The first-order valence-corrected chi connectivity index (χ1v) is 12.5. The van der Waals surface area contributed by atoms with Crippen molar-refractivity contribution in [1.82, 2.24) is 0 Å². The highest BCUT2D eigenvalue weighted by molar-refractivity contribution is 9.10. The van der Waals surface area contributed by atoms with E-state index in [0.29, 0.717) is 28.1 Å². The fraction of sp³-hybridized carbons (Fsp3) is 0.133. The second-order valence-electron chi connectivity index (χ2n) is 7.94. The van der Waals surface area contributed by atoms with E-state index in [-0.39, 0.29) is 24.5 Å². The summed E-state index contributed by atoms with van der Waals surface area (Å²) in [5.41, 5.74) is 1.80. The minimum Gasteiger partial charge on any atom is -0.492 e. The summed E-state index contributed by atoms with van der Waals surface area (Å²) in [4.78, 5) is 25.1. The van der Waals surface area contributed by atoms with Crippen LogP contribution in [0.15, 0.2) is 108 Å². The highest BCUT2D eigenvalue weighted by atomic mass is 79.9. The van der Waals surface area contributed by atoms with Crippen molar-refractivity contribution in [3.05, 3.63) is 124 Å². The van der Waals surface area contributed by atoms with Crippen LogP contribution in [0.5, 0.6) is 17.2 Å². The molecule has 0 radical (unpaired) electrons. The Morgan fingerprint density at radius 1 is 0.622 bits per heavy atom. The van der Waals surface area contributed by atoms with Crippen molar-refractivity contribution in [2.24, 2.45) is 0 Å². The number of benzene rings is 4. The van der Waals surface area contributed by atoms with E-state index in [1.165, 1.54) is 11.6 Å². The van der Waals surface area contributed by atoms with Crippen LogP contribution in [0.3, 0.4) is 0 Å². The van der Waals surface area contributed by atoms with E-state index in [1.54, 1.807) is 36.4 Å². The average molecular weight is 561 g/mol. The van der Waals surface area contributed by atoms with Gasteiger partial charge in [-0.3, -0.25) is 0 Å². The Morgan fingerprint density at radius 2 is 1.32 bits per heavy atom. The van der Waals surface area contributed by atoms with Gasteiger partial charge in [0, 0.05) is 6.42 Å². The number of hydrogen-bond acceptors (Lipinski definition) is 6. The molecule has 4 aromatic rings. The number of carbonyl (C=O) groups is 2.